The molecule has 8 nitrogen and oxygen atoms in total. The number of aromatic nitrogens is 3. The van der Waals surface area contributed by atoms with Crippen LogP contribution in [0.25, 0.3) is 5.69 Å². The molecule has 2 aromatic heterocycles. The van der Waals surface area contributed by atoms with Gasteiger partial charge in [-0.1, -0.05) is 0 Å². The van der Waals surface area contributed by atoms with Gasteiger partial charge in [0.2, 0.25) is 0 Å². The van der Waals surface area contributed by atoms with E-state index in [4.69, 9.17) is 4.74 Å². The lowest BCUT2D eigenvalue weighted by atomic mass is 10.2. The predicted octanol–water partition coefficient (Wildman–Crippen LogP) is 2.71. The van der Waals surface area contributed by atoms with E-state index in [1.54, 1.807) is 48.9 Å². The van der Waals surface area contributed by atoms with Gasteiger partial charge in [-0.05, 0) is 50.2 Å². The molecule has 3 rings (SSSR count). The summed E-state index contributed by atoms with van der Waals surface area (Å²) in [5.41, 5.74) is 2.12. The molecular weight excluding hydrogens is 348 g/mol. The molecule has 0 aliphatic heterocycles. The lowest BCUT2D eigenvalue weighted by molar-refractivity contribution is 0.0525. The maximum atomic E-state index is 12.3. The third-order valence-corrected chi connectivity index (χ3v) is 3.90. The molecule has 2 heterocycles. The number of benzene rings is 1. The Labute approximate surface area is 155 Å². The fourth-order valence-electron chi connectivity index (χ4n) is 2.51. The van der Waals surface area contributed by atoms with Gasteiger partial charge in [-0.15, -0.1) is 0 Å². The number of ether oxygens (including phenoxy) is 1. The smallest absolute Gasteiger partial charge is 0.341 e. The molecule has 0 aliphatic rings. The van der Waals surface area contributed by atoms with Crippen molar-refractivity contribution >= 4 is 17.7 Å². The van der Waals surface area contributed by atoms with E-state index in [0.717, 1.165) is 0 Å². The molecule has 0 saturated carbocycles. The van der Waals surface area contributed by atoms with Crippen molar-refractivity contribution in [2.45, 2.75) is 13.8 Å². The summed E-state index contributed by atoms with van der Waals surface area (Å²) >= 11 is 0. The molecular formula is C19H18N4O4. The Balaban J connectivity index is 1.79. The van der Waals surface area contributed by atoms with Gasteiger partial charge in [0.05, 0.1) is 24.2 Å². The molecule has 0 bridgehead atoms. The number of hydrogen-bond donors (Lipinski definition) is 2. The largest absolute Gasteiger partial charge is 0.504 e. The van der Waals surface area contributed by atoms with E-state index >= 15 is 0 Å². The van der Waals surface area contributed by atoms with Gasteiger partial charge in [0.1, 0.15) is 5.56 Å². The number of rotatable bonds is 5. The van der Waals surface area contributed by atoms with E-state index < -0.39 is 11.9 Å². The summed E-state index contributed by atoms with van der Waals surface area (Å²) in [4.78, 5) is 28.1. The minimum atomic E-state index is -0.424. The molecule has 0 aliphatic carbocycles. The summed E-state index contributed by atoms with van der Waals surface area (Å²) in [6, 6.07) is 9.67. The second kappa shape index (κ2) is 7.69. The zero-order chi connectivity index (χ0) is 19.4. The molecule has 1 amide bonds. The average Bonchev–Trinajstić information content (AvgIpc) is 3.05. The highest BCUT2D eigenvalue weighted by Gasteiger charge is 2.16. The highest BCUT2D eigenvalue weighted by Crippen LogP contribution is 2.20. The lowest BCUT2D eigenvalue weighted by Gasteiger charge is -2.08. The minimum absolute atomic E-state index is 0.0913. The normalized spacial score (nSPS) is 10.4. The molecule has 2 N–H and O–H groups in total. The SMILES string of the molecule is CCOC(=O)c1cnn(-c2ccc(C(=O)Nc3ncccc3O)cc2)c1C. The topological polar surface area (TPSA) is 106 Å². The number of hydrogen-bond acceptors (Lipinski definition) is 6. The molecule has 138 valence electrons. The second-order valence-electron chi connectivity index (χ2n) is 5.65. The minimum Gasteiger partial charge on any atom is -0.504 e. The van der Waals surface area contributed by atoms with Crippen LogP contribution in [0, 0.1) is 6.92 Å². The Bertz CT molecular complexity index is 980. The van der Waals surface area contributed by atoms with Crippen molar-refractivity contribution in [3.63, 3.8) is 0 Å². The third-order valence-electron chi connectivity index (χ3n) is 3.90. The Morgan fingerprint density at radius 3 is 2.63 bits per heavy atom. The summed E-state index contributed by atoms with van der Waals surface area (Å²) in [6.45, 7) is 3.80. The maximum Gasteiger partial charge on any atom is 0.341 e. The molecule has 27 heavy (non-hydrogen) atoms. The summed E-state index contributed by atoms with van der Waals surface area (Å²) in [5, 5.41) is 16.5. The monoisotopic (exact) mass is 366 g/mol. The van der Waals surface area contributed by atoms with E-state index in [1.807, 2.05) is 0 Å². The molecule has 1 aromatic carbocycles. The van der Waals surface area contributed by atoms with Crippen LogP contribution in [0.2, 0.25) is 0 Å². The fourth-order valence-corrected chi connectivity index (χ4v) is 2.51. The number of pyridine rings is 1. The van der Waals surface area contributed by atoms with Gasteiger partial charge in [-0.2, -0.15) is 5.10 Å². The number of carbonyl (C=O) groups is 2. The first-order valence-electron chi connectivity index (χ1n) is 8.28. The molecule has 0 spiro atoms. The fraction of sp³-hybridized carbons (Fsp3) is 0.158. The van der Waals surface area contributed by atoms with Crippen LogP contribution < -0.4 is 5.32 Å². The van der Waals surface area contributed by atoms with Gasteiger partial charge in [-0.3, -0.25) is 4.79 Å². The molecule has 8 heteroatoms. The number of anilines is 1. The van der Waals surface area contributed by atoms with Gasteiger partial charge in [0, 0.05) is 11.8 Å². The van der Waals surface area contributed by atoms with Crippen molar-refractivity contribution in [2.75, 3.05) is 11.9 Å². The third kappa shape index (κ3) is 3.79. The van der Waals surface area contributed by atoms with Crippen LogP contribution in [0.5, 0.6) is 5.75 Å². The van der Waals surface area contributed by atoms with Gasteiger partial charge in [0.15, 0.2) is 11.6 Å². The Kier molecular flexibility index (Phi) is 5.16. The standard InChI is InChI=1S/C19H18N4O4/c1-3-27-19(26)15-11-21-23(12(15)2)14-8-6-13(7-9-14)18(25)22-17-16(24)5-4-10-20-17/h4-11,24H,3H2,1-2H3,(H,20,22,25). The first-order valence-corrected chi connectivity index (χ1v) is 8.28. The summed E-state index contributed by atoms with van der Waals surface area (Å²) in [7, 11) is 0. The van der Waals surface area contributed by atoms with Crippen molar-refractivity contribution in [3.8, 4) is 11.4 Å². The van der Waals surface area contributed by atoms with E-state index in [9.17, 15) is 14.7 Å². The number of amides is 1. The summed E-state index contributed by atoms with van der Waals surface area (Å²) < 4.78 is 6.60. The molecule has 0 fully saturated rings. The molecule has 0 atom stereocenters. The Morgan fingerprint density at radius 2 is 1.96 bits per heavy atom. The lowest BCUT2D eigenvalue weighted by Crippen LogP contribution is -2.13. The quantitative estimate of drug-likeness (QED) is 0.673. The van der Waals surface area contributed by atoms with Crippen LogP contribution in [0.15, 0.2) is 48.8 Å². The molecule has 3 aromatic rings. The number of nitrogens with zero attached hydrogens (tertiary/aromatic N) is 3. The van der Waals surface area contributed by atoms with E-state index in [2.05, 4.69) is 15.4 Å². The van der Waals surface area contributed by atoms with Crippen molar-refractivity contribution in [1.29, 1.82) is 0 Å². The summed E-state index contributed by atoms with van der Waals surface area (Å²) in [6.07, 6.45) is 2.93. The van der Waals surface area contributed by atoms with Gasteiger partial charge in [0.25, 0.3) is 5.91 Å². The van der Waals surface area contributed by atoms with E-state index in [-0.39, 0.29) is 11.6 Å². The molecule has 0 radical (unpaired) electrons. The highest BCUT2D eigenvalue weighted by atomic mass is 16.5. The van der Waals surface area contributed by atoms with Crippen LogP contribution in [-0.4, -0.2) is 38.4 Å². The predicted molar refractivity (Wildman–Crippen MR) is 98.1 cm³/mol. The van der Waals surface area contributed by atoms with E-state index in [1.165, 1.54) is 18.5 Å². The maximum absolute atomic E-state index is 12.3. The van der Waals surface area contributed by atoms with Crippen molar-refractivity contribution in [3.05, 3.63) is 65.6 Å². The van der Waals surface area contributed by atoms with Gasteiger partial charge in [-0.25, -0.2) is 14.5 Å². The zero-order valence-corrected chi connectivity index (χ0v) is 14.8. The number of esters is 1. The van der Waals surface area contributed by atoms with Crippen LogP contribution >= 0.6 is 0 Å². The van der Waals surface area contributed by atoms with Crippen LogP contribution in [0.3, 0.4) is 0 Å². The summed E-state index contributed by atoms with van der Waals surface area (Å²) in [5.74, 6) is -0.845. The first kappa shape index (κ1) is 18.1. The zero-order valence-electron chi connectivity index (χ0n) is 14.8. The van der Waals surface area contributed by atoms with Crippen LogP contribution in [-0.2, 0) is 4.74 Å². The second-order valence-corrected chi connectivity index (χ2v) is 5.65. The number of carbonyl (C=O) groups excluding carboxylic acids is 2. The van der Waals surface area contributed by atoms with Crippen molar-refractivity contribution in [2.24, 2.45) is 0 Å². The van der Waals surface area contributed by atoms with Crippen molar-refractivity contribution < 1.29 is 19.4 Å². The highest BCUT2D eigenvalue weighted by molar-refractivity contribution is 6.04. The van der Waals surface area contributed by atoms with Crippen LogP contribution in [0.1, 0.15) is 33.3 Å². The Hall–Kier alpha value is -3.68. The van der Waals surface area contributed by atoms with E-state index in [0.29, 0.717) is 29.1 Å². The number of aromatic hydroxyl groups is 1. The first-order chi connectivity index (χ1) is 13.0. The average molecular weight is 366 g/mol. The number of nitrogens with one attached hydrogen (secondary N) is 1. The van der Waals surface area contributed by atoms with Gasteiger partial charge < -0.3 is 15.2 Å². The van der Waals surface area contributed by atoms with Gasteiger partial charge >= 0.3 is 5.97 Å². The van der Waals surface area contributed by atoms with Crippen molar-refractivity contribution in [1.82, 2.24) is 14.8 Å². The van der Waals surface area contributed by atoms with Crippen LogP contribution in [0.4, 0.5) is 5.82 Å². The molecule has 0 unspecified atom stereocenters. The Morgan fingerprint density at radius 1 is 1.22 bits per heavy atom. The molecule has 0 saturated heterocycles.